The molecule has 0 saturated heterocycles. The number of aryl methyl sites for hydroxylation is 2. The number of hydrogen-bond acceptors (Lipinski definition) is 4. The molecule has 5 rings (SSSR count). The number of halogens is 1. The van der Waals surface area contributed by atoms with Crippen LogP contribution in [0.15, 0.2) is 71.5 Å². The Balaban J connectivity index is 1.84. The number of hydrogen-bond donors (Lipinski definition) is 3. The molecule has 0 spiro atoms. The number of fused-ring (bicyclic) bond motifs is 1. The molecule has 0 unspecified atom stereocenters. The molecule has 0 fully saturated rings. The first-order chi connectivity index (χ1) is 15.9. The van der Waals surface area contributed by atoms with Gasteiger partial charge in [-0.15, -0.1) is 11.3 Å². The Bertz CT molecular complexity index is 1590. The normalized spacial score (nSPS) is 11.2. The van der Waals surface area contributed by atoms with Crippen molar-refractivity contribution < 1.29 is 10.2 Å². The first-order valence-electron chi connectivity index (χ1n) is 10.4. The van der Waals surface area contributed by atoms with Crippen LogP contribution in [0.2, 0.25) is 4.34 Å². The third-order valence-electron chi connectivity index (χ3n) is 5.95. The lowest BCUT2D eigenvalue weighted by Crippen LogP contribution is -2.08. The summed E-state index contributed by atoms with van der Waals surface area (Å²) in [6.07, 6.45) is 0. The highest BCUT2D eigenvalue weighted by Gasteiger charge is 2.24. The second-order valence-corrected chi connectivity index (χ2v) is 9.62. The van der Waals surface area contributed by atoms with E-state index in [0.29, 0.717) is 31.2 Å². The number of thiophene rings is 1. The second kappa shape index (κ2) is 8.10. The Morgan fingerprint density at radius 2 is 1.45 bits per heavy atom. The topological polar surface area (TPSA) is 73.3 Å². The molecule has 2 aromatic heterocycles. The van der Waals surface area contributed by atoms with Crippen molar-refractivity contribution >= 4 is 33.2 Å². The van der Waals surface area contributed by atoms with E-state index in [9.17, 15) is 15.0 Å². The van der Waals surface area contributed by atoms with Crippen molar-refractivity contribution in [1.29, 1.82) is 0 Å². The molecule has 5 aromatic rings. The molecule has 0 atom stereocenters. The molecule has 33 heavy (non-hydrogen) atoms. The molecule has 0 aliphatic rings. The fourth-order valence-corrected chi connectivity index (χ4v) is 5.55. The van der Waals surface area contributed by atoms with E-state index in [0.717, 1.165) is 22.3 Å². The second-order valence-electron chi connectivity index (χ2n) is 8.00. The van der Waals surface area contributed by atoms with Crippen LogP contribution in [0.5, 0.6) is 11.5 Å². The van der Waals surface area contributed by atoms with E-state index < -0.39 is 0 Å². The van der Waals surface area contributed by atoms with Crippen molar-refractivity contribution in [3.63, 3.8) is 0 Å². The molecular formula is C27H20ClNO3S. The molecule has 3 N–H and O–H groups in total. The van der Waals surface area contributed by atoms with Gasteiger partial charge < -0.3 is 15.2 Å². The number of aromatic amines is 1. The lowest BCUT2D eigenvalue weighted by molar-refractivity contribution is 0.476. The Morgan fingerprint density at radius 1 is 0.818 bits per heavy atom. The minimum atomic E-state index is -0.379. The number of H-pyrrole nitrogens is 1. The van der Waals surface area contributed by atoms with E-state index in [1.54, 1.807) is 18.2 Å². The summed E-state index contributed by atoms with van der Waals surface area (Å²) in [4.78, 5) is 16.2. The number of aromatic nitrogens is 1. The summed E-state index contributed by atoms with van der Waals surface area (Å²) < 4.78 is 0.442. The molecule has 0 bridgehead atoms. The quantitative estimate of drug-likeness (QED) is 0.258. The maximum Gasteiger partial charge on any atom is 0.260 e. The van der Waals surface area contributed by atoms with Crippen molar-refractivity contribution in [3.05, 3.63) is 92.5 Å². The van der Waals surface area contributed by atoms with Gasteiger partial charge in [0.1, 0.15) is 20.7 Å². The summed E-state index contributed by atoms with van der Waals surface area (Å²) in [6.45, 7) is 3.95. The summed E-state index contributed by atoms with van der Waals surface area (Å²) in [5, 5.41) is 22.5. The zero-order valence-electron chi connectivity index (χ0n) is 17.9. The number of aromatic hydroxyl groups is 2. The lowest BCUT2D eigenvalue weighted by atomic mass is 9.91. The Labute approximate surface area is 199 Å². The van der Waals surface area contributed by atoms with Gasteiger partial charge >= 0.3 is 0 Å². The highest BCUT2D eigenvalue weighted by atomic mass is 35.5. The molecule has 164 valence electrons. The summed E-state index contributed by atoms with van der Waals surface area (Å²) in [5.74, 6) is 0.0565. The number of phenolic OH excluding ortho intramolecular Hbond substituents is 1. The molecular weight excluding hydrogens is 454 g/mol. The fraction of sp³-hybridized carbons (Fsp3) is 0.0741. The monoisotopic (exact) mass is 473 g/mol. The molecule has 0 aliphatic carbocycles. The molecule has 6 heteroatoms. The van der Waals surface area contributed by atoms with Gasteiger partial charge in [-0.2, -0.15) is 0 Å². The summed E-state index contributed by atoms with van der Waals surface area (Å²) in [7, 11) is 0. The third-order valence-corrected chi connectivity index (χ3v) is 7.27. The third kappa shape index (κ3) is 3.50. The van der Waals surface area contributed by atoms with Crippen molar-refractivity contribution in [2.45, 2.75) is 13.8 Å². The fourth-order valence-electron chi connectivity index (χ4n) is 4.18. The highest BCUT2D eigenvalue weighted by Crippen LogP contribution is 2.49. The number of nitrogens with one attached hydrogen (secondary N) is 1. The standard InChI is InChI=1S/C27H20ClNO3S/c1-14-12-19(20(30)13-15(14)2)17-10-6-7-11-18(17)22-23-24(31)21(16-8-4-3-5-9-16)26(32)29-27(23)33-25(22)28/h3-13,30H,1-2H3,(H2,29,31,32). The SMILES string of the molecule is Cc1cc(O)c(-c2ccccc2-c2c(Cl)sc3[nH]c(=O)c(-c4ccccc4)c(O)c23)cc1C. The predicted octanol–water partition coefficient (Wildman–Crippen LogP) is 7.27. The predicted molar refractivity (Wildman–Crippen MR) is 137 cm³/mol. The van der Waals surface area contributed by atoms with E-state index in [1.807, 2.05) is 62.4 Å². The Hall–Kier alpha value is -3.54. The summed E-state index contributed by atoms with van der Waals surface area (Å²) in [6, 6.07) is 20.4. The van der Waals surface area contributed by atoms with Gasteiger partial charge in [-0.25, -0.2) is 0 Å². The largest absolute Gasteiger partial charge is 0.507 e. The van der Waals surface area contributed by atoms with E-state index in [-0.39, 0.29) is 22.6 Å². The molecule has 4 nitrogen and oxygen atoms in total. The van der Waals surface area contributed by atoms with Crippen LogP contribution in [0, 0.1) is 13.8 Å². The van der Waals surface area contributed by atoms with Gasteiger partial charge in [0.05, 0.1) is 10.9 Å². The van der Waals surface area contributed by atoms with Crippen LogP contribution in [0.1, 0.15) is 11.1 Å². The van der Waals surface area contributed by atoms with E-state index >= 15 is 0 Å². The van der Waals surface area contributed by atoms with Crippen molar-refractivity contribution in [2.24, 2.45) is 0 Å². The van der Waals surface area contributed by atoms with Gasteiger partial charge in [-0.05, 0) is 53.8 Å². The first kappa shape index (κ1) is 21.3. The molecule has 0 saturated carbocycles. The zero-order valence-corrected chi connectivity index (χ0v) is 19.5. The van der Waals surface area contributed by atoms with Crippen LogP contribution in [0.3, 0.4) is 0 Å². The van der Waals surface area contributed by atoms with Crippen molar-refractivity contribution in [3.8, 4) is 44.9 Å². The van der Waals surface area contributed by atoms with Crippen molar-refractivity contribution in [2.75, 3.05) is 0 Å². The number of rotatable bonds is 3. The number of benzene rings is 3. The lowest BCUT2D eigenvalue weighted by Gasteiger charge is -2.14. The van der Waals surface area contributed by atoms with Crippen LogP contribution in [-0.2, 0) is 0 Å². The highest BCUT2D eigenvalue weighted by molar-refractivity contribution is 7.23. The average molecular weight is 474 g/mol. The van der Waals surface area contributed by atoms with Gasteiger partial charge in [-0.3, -0.25) is 4.79 Å². The molecule has 0 amide bonds. The van der Waals surface area contributed by atoms with E-state index in [2.05, 4.69) is 4.98 Å². The maximum atomic E-state index is 12.8. The van der Waals surface area contributed by atoms with Gasteiger partial charge in [0, 0.05) is 11.1 Å². The van der Waals surface area contributed by atoms with Crippen molar-refractivity contribution in [1.82, 2.24) is 4.98 Å². The zero-order chi connectivity index (χ0) is 23.3. The minimum absolute atomic E-state index is 0.114. The molecule has 2 heterocycles. The Kier molecular flexibility index (Phi) is 5.23. The smallest absolute Gasteiger partial charge is 0.260 e. The maximum absolute atomic E-state index is 12.8. The van der Waals surface area contributed by atoms with Crippen LogP contribution in [0.4, 0.5) is 0 Å². The van der Waals surface area contributed by atoms with Crippen LogP contribution in [-0.4, -0.2) is 15.2 Å². The van der Waals surface area contributed by atoms with Gasteiger partial charge in [0.15, 0.2) is 0 Å². The summed E-state index contributed by atoms with van der Waals surface area (Å²) in [5.41, 5.74) is 5.33. The van der Waals surface area contributed by atoms with Crippen LogP contribution < -0.4 is 5.56 Å². The average Bonchev–Trinajstić information content (AvgIpc) is 3.12. The molecule has 0 radical (unpaired) electrons. The molecule has 0 aliphatic heterocycles. The van der Waals surface area contributed by atoms with Gasteiger partial charge in [0.2, 0.25) is 0 Å². The Morgan fingerprint density at radius 3 is 2.18 bits per heavy atom. The number of phenols is 1. The van der Waals surface area contributed by atoms with E-state index in [1.165, 1.54) is 11.3 Å². The van der Waals surface area contributed by atoms with Gasteiger partial charge in [0.25, 0.3) is 5.56 Å². The first-order valence-corrected chi connectivity index (χ1v) is 11.6. The van der Waals surface area contributed by atoms with E-state index in [4.69, 9.17) is 11.6 Å². The minimum Gasteiger partial charge on any atom is -0.507 e. The number of pyridine rings is 1. The van der Waals surface area contributed by atoms with Gasteiger partial charge in [-0.1, -0.05) is 66.2 Å². The summed E-state index contributed by atoms with van der Waals surface area (Å²) >= 11 is 7.91. The molecule has 3 aromatic carbocycles. The van der Waals surface area contributed by atoms with Crippen LogP contribution in [0.25, 0.3) is 43.6 Å². The van der Waals surface area contributed by atoms with Crippen LogP contribution >= 0.6 is 22.9 Å².